The molecule has 0 aromatic carbocycles. The maximum absolute atomic E-state index is 12.6. The van der Waals surface area contributed by atoms with Crippen molar-refractivity contribution in [2.24, 2.45) is 0 Å². The molecule has 0 aliphatic rings. The second-order valence-corrected chi connectivity index (χ2v) is 4.58. The third-order valence-corrected chi connectivity index (χ3v) is 3.00. The van der Waals surface area contributed by atoms with Gasteiger partial charge in [0.2, 0.25) is 0 Å². The van der Waals surface area contributed by atoms with Crippen molar-refractivity contribution < 1.29 is 13.6 Å². The zero-order valence-electron chi connectivity index (χ0n) is 11.7. The highest BCUT2D eigenvalue weighted by Crippen LogP contribution is 2.19. The molecule has 3 rings (SSSR count). The Morgan fingerprint density at radius 1 is 1.22 bits per heavy atom. The number of hydrogen-bond donors (Lipinski definition) is 1. The summed E-state index contributed by atoms with van der Waals surface area (Å²) >= 11 is 0. The van der Waals surface area contributed by atoms with Crippen molar-refractivity contribution in [1.82, 2.24) is 19.5 Å². The number of alkyl halides is 2. The molecule has 0 bridgehead atoms. The fraction of sp³-hybridized carbons (Fsp3) is 0.0667. The number of carbonyl (C=O) groups excluding carboxylic acids is 1. The van der Waals surface area contributed by atoms with Crippen LogP contribution in [0.15, 0.2) is 55.2 Å². The lowest BCUT2D eigenvalue weighted by Crippen LogP contribution is -2.15. The van der Waals surface area contributed by atoms with E-state index in [-0.39, 0.29) is 11.4 Å². The van der Waals surface area contributed by atoms with E-state index in [1.807, 2.05) is 0 Å². The molecule has 23 heavy (non-hydrogen) atoms. The Labute approximate surface area is 129 Å². The second-order valence-electron chi connectivity index (χ2n) is 4.58. The summed E-state index contributed by atoms with van der Waals surface area (Å²) in [5.74, 6) is 0.0246. The monoisotopic (exact) mass is 315 g/mol. The van der Waals surface area contributed by atoms with Crippen LogP contribution >= 0.6 is 0 Å². The number of nitrogens with zero attached hydrogens (tertiary/aromatic N) is 4. The molecule has 0 unspecified atom stereocenters. The minimum absolute atomic E-state index is 0.159. The van der Waals surface area contributed by atoms with Crippen LogP contribution in [-0.2, 0) is 0 Å². The Morgan fingerprint density at radius 2 is 2.09 bits per heavy atom. The quantitative estimate of drug-likeness (QED) is 0.803. The van der Waals surface area contributed by atoms with Crippen molar-refractivity contribution in [3.8, 4) is 5.82 Å². The van der Waals surface area contributed by atoms with E-state index in [4.69, 9.17) is 0 Å². The van der Waals surface area contributed by atoms with Gasteiger partial charge in [-0.25, -0.2) is 18.7 Å². The summed E-state index contributed by atoms with van der Waals surface area (Å²) in [6.45, 7) is 0. The zero-order chi connectivity index (χ0) is 16.2. The molecule has 0 saturated heterocycles. The number of pyridine rings is 2. The summed E-state index contributed by atoms with van der Waals surface area (Å²) in [6.07, 6.45) is 3.36. The van der Waals surface area contributed by atoms with Crippen molar-refractivity contribution in [3.05, 3.63) is 66.6 Å². The van der Waals surface area contributed by atoms with Crippen LogP contribution in [0, 0.1) is 0 Å². The number of imidazole rings is 1. The van der Waals surface area contributed by atoms with Gasteiger partial charge in [0, 0.05) is 24.3 Å². The van der Waals surface area contributed by atoms with Gasteiger partial charge >= 0.3 is 0 Å². The smallest absolute Gasteiger partial charge is 0.280 e. The van der Waals surface area contributed by atoms with Crippen molar-refractivity contribution in [2.75, 3.05) is 5.32 Å². The van der Waals surface area contributed by atoms with Gasteiger partial charge < -0.3 is 5.32 Å². The molecule has 0 radical (unpaired) electrons. The van der Waals surface area contributed by atoms with E-state index >= 15 is 0 Å². The molecule has 0 aliphatic carbocycles. The number of carbonyl (C=O) groups is 1. The van der Waals surface area contributed by atoms with E-state index in [1.54, 1.807) is 35.4 Å². The van der Waals surface area contributed by atoms with Crippen molar-refractivity contribution in [2.45, 2.75) is 6.43 Å². The molecule has 0 atom stereocenters. The number of nitrogens with one attached hydrogen (secondary N) is 1. The van der Waals surface area contributed by atoms with Gasteiger partial charge in [-0.1, -0.05) is 6.07 Å². The fourth-order valence-corrected chi connectivity index (χ4v) is 1.93. The Hall–Kier alpha value is -3.16. The lowest BCUT2D eigenvalue weighted by Gasteiger charge is -2.07. The molecule has 3 heterocycles. The predicted molar refractivity (Wildman–Crippen MR) is 78.5 cm³/mol. The van der Waals surface area contributed by atoms with Crippen molar-refractivity contribution >= 4 is 11.6 Å². The Bertz CT molecular complexity index is 820. The van der Waals surface area contributed by atoms with Gasteiger partial charge in [0.15, 0.2) is 0 Å². The Balaban J connectivity index is 1.81. The Kier molecular flexibility index (Phi) is 4.05. The minimum atomic E-state index is -2.70. The molecule has 0 aliphatic heterocycles. The molecule has 6 nitrogen and oxygen atoms in total. The summed E-state index contributed by atoms with van der Waals surface area (Å²) in [7, 11) is 0. The van der Waals surface area contributed by atoms with Crippen LogP contribution in [0.2, 0.25) is 0 Å². The number of aromatic nitrogens is 4. The molecule has 0 fully saturated rings. The van der Waals surface area contributed by atoms with Gasteiger partial charge in [-0.3, -0.25) is 14.3 Å². The normalized spacial score (nSPS) is 10.7. The molecule has 0 saturated carbocycles. The molecular weight excluding hydrogens is 304 g/mol. The molecule has 1 N–H and O–H groups in total. The summed E-state index contributed by atoms with van der Waals surface area (Å²) in [6, 6.07) is 7.49. The average molecular weight is 315 g/mol. The molecule has 116 valence electrons. The molecule has 3 aromatic heterocycles. The lowest BCUT2D eigenvalue weighted by molar-refractivity contribution is 0.102. The number of anilines is 1. The highest BCUT2D eigenvalue weighted by Gasteiger charge is 2.12. The number of amides is 1. The van der Waals surface area contributed by atoms with Gasteiger partial charge in [-0.05, 0) is 24.3 Å². The summed E-state index contributed by atoms with van der Waals surface area (Å²) in [4.78, 5) is 23.9. The minimum Gasteiger partial charge on any atom is -0.321 e. The van der Waals surface area contributed by atoms with E-state index in [0.29, 0.717) is 5.82 Å². The van der Waals surface area contributed by atoms with Crippen LogP contribution < -0.4 is 5.32 Å². The summed E-state index contributed by atoms with van der Waals surface area (Å²) in [5, 5.41) is 2.53. The van der Waals surface area contributed by atoms with E-state index in [1.165, 1.54) is 18.3 Å². The molecule has 1 amide bonds. The SMILES string of the molecule is O=C(Nc1ccnc(C(F)F)c1)c1cccc(-n2ccnc2)n1. The predicted octanol–water partition coefficient (Wildman–Crippen LogP) is 2.85. The third-order valence-electron chi connectivity index (χ3n) is 3.00. The van der Waals surface area contributed by atoms with Crippen molar-refractivity contribution in [3.63, 3.8) is 0 Å². The van der Waals surface area contributed by atoms with Crippen molar-refractivity contribution in [1.29, 1.82) is 0 Å². The topological polar surface area (TPSA) is 72.7 Å². The number of rotatable bonds is 4. The zero-order valence-corrected chi connectivity index (χ0v) is 11.7. The van der Waals surface area contributed by atoms with Crippen LogP contribution in [0.5, 0.6) is 0 Å². The highest BCUT2D eigenvalue weighted by molar-refractivity contribution is 6.02. The van der Waals surface area contributed by atoms with Crippen LogP contribution in [0.3, 0.4) is 0 Å². The number of hydrogen-bond acceptors (Lipinski definition) is 4. The molecule has 0 spiro atoms. The van der Waals surface area contributed by atoms with E-state index < -0.39 is 18.0 Å². The van der Waals surface area contributed by atoms with Crippen LogP contribution in [0.4, 0.5) is 14.5 Å². The first-order chi connectivity index (χ1) is 11.1. The maximum Gasteiger partial charge on any atom is 0.280 e. The van der Waals surface area contributed by atoms with E-state index in [2.05, 4.69) is 20.3 Å². The van der Waals surface area contributed by atoms with Crippen LogP contribution in [-0.4, -0.2) is 25.4 Å². The second kappa shape index (κ2) is 6.30. The largest absolute Gasteiger partial charge is 0.321 e. The van der Waals surface area contributed by atoms with Gasteiger partial charge in [0.05, 0.1) is 0 Å². The summed E-state index contributed by atoms with van der Waals surface area (Å²) < 4.78 is 26.9. The summed E-state index contributed by atoms with van der Waals surface area (Å²) in [5.41, 5.74) is -0.00957. The van der Waals surface area contributed by atoms with E-state index in [9.17, 15) is 13.6 Å². The maximum atomic E-state index is 12.6. The first-order valence-corrected chi connectivity index (χ1v) is 6.64. The van der Waals surface area contributed by atoms with Gasteiger partial charge in [0.1, 0.15) is 23.5 Å². The van der Waals surface area contributed by atoms with Gasteiger partial charge in [-0.2, -0.15) is 0 Å². The highest BCUT2D eigenvalue weighted by atomic mass is 19.3. The number of halogens is 2. The van der Waals surface area contributed by atoms with Crippen LogP contribution in [0.1, 0.15) is 22.6 Å². The average Bonchev–Trinajstić information content (AvgIpc) is 3.10. The molecule has 8 heteroatoms. The fourth-order valence-electron chi connectivity index (χ4n) is 1.93. The Morgan fingerprint density at radius 3 is 2.83 bits per heavy atom. The first kappa shape index (κ1) is 14.8. The van der Waals surface area contributed by atoms with Crippen LogP contribution in [0.25, 0.3) is 5.82 Å². The van der Waals surface area contributed by atoms with E-state index in [0.717, 1.165) is 6.07 Å². The third kappa shape index (κ3) is 3.37. The molecule has 3 aromatic rings. The molecular formula is C15H11F2N5O. The standard InChI is InChI=1S/C15H11F2N5O/c16-14(17)12-8-10(4-5-19-12)20-15(23)11-2-1-3-13(21-11)22-7-6-18-9-22/h1-9,14H,(H,19,20,23). The van der Waals surface area contributed by atoms with Gasteiger partial charge in [-0.15, -0.1) is 0 Å². The lowest BCUT2D eigenvalue weighted by atomic mass is 10.3. The first-order valence-electron chi connectivity index (χ1n) is 6.64. The van der Waals surface area contributed by atoms with Gasteiger partial charge in [0.25, 0.3) is 12.3 Å².